The number of amides is 3. The average Bonchev–Trinajstić information content (AvgIpc) is 2.14. The molecule has 80 valence electrons. The van der Waals surface area contributed by atoms with Crippen LogP contribution in [0.15, 0.2) is 18.2 Å². The zero-order valence-corrected chi connectivity index (χ0v) is 8.00. The first-order valence-electron chi connectivity index (χ1n) is 4.12. The van der Waals surface area contributed by atoms with E-state index in [1.165, 1.54) is 12.1 Å². The van der Waals surface area contributed by atoms with Crippen molar-refractivity contribution in [1.29, 1.82) is 0 Å². The van der Waals surface area contributed by atoms with E-state index < -0.39 is 17.8 Å². The van der Waals surface area contributed by atoms with Crippen LogP contribution in [0, 0.1) is 12.7 Å². The Hall–Kier alpha value is -2.11. The van der Waals surface area contributed by atoms with E-state index in [1.54, 1.807) is 6.92 Å². The number of carbonyl (C=O) groups is 2. The molecule has 0 bridgehead atoms. The van der Waals surface area contributed by atoms with E-state index in [-0.39, 0.29) is 5.56 Å². The lowest BCUT2D eigenvalue weighted by atomic mass is 10.1. The fourth-order valence-corrected chi connectivity index (χ4v) is 1.07. The van der Waals surface area contributed by atoms with Crippen LogP contribution in [0.4, 0.5) is 9.18 Å². The normalized spacial score (nSPS) is 9.47. The van der Waals surface area contributed by atoms with Crippen molar-refractivity contribution in [1.82, 2.24) is 10.9 Å². The average molecular weight is 211 g/mol. The van der Waals surface area contributed by atoms with Gasteiger partial charge in [0.25, 0.3) is 5.91 Å². The van der Waals surface area contributed by atoms with Crippen LogP contribution in [0.25, 0.3) is 0 Å². The molecule has 6 heteroatoms. The summed E-state index contributed by atoms with van der Waals surface area (Å²) in [5.41, 5.74) is 9.50. The second-order valence-corrected chi connectivity index (χ2v) is 2.90. The van der Waals surface area contributed by atoms with Crippen LogP contribution in [-0.4, -0.2) is 11.9 Å². The number of aryl methyl sites for hydroxylation is 1. The van der Waals surface area contributed by atoms with E-state index in [2.05, 4.69) is 5.43 Å². The van der Waals surface area contributed by atoms with Gasteiger partial charge in [0.2, 0.25) is 0 Å². The number of hydrogen-bond donors (Lipinski definition) is 3. The maximum atomic E-state index is 12.7. The SMILES string of the molecule is Cc1cc(F)ccc1C(=O)NNC(N)=O. The number of carbonyl (C=O) groups excluding carboxylic acids is 2. The van der Waals surface area contributed by atoms with E-state index in [1.807, 2.05) is 5.43 Å². The molecule has 0 aliphatic rings. The number of nitrogens with one attached hydrogen (secondary N) is 2. The monoisotopic (exact) mass is 211 g/mol. The molecule has 0 saturated heterocycles. The summed E-state index contributed by atoms with van der Waals surface area (Å²) in [6.07, 6.45) is 0. The van der Waals surface area contributed by atoms with Crippen LogP contribution in [0.2, 0.25) is 0 Å². The Kier molecular flexibility index (Phi) is 3.22. The van der Waals surface area contributed by atoms with Crippen LogP contribution in [0.5, 0.6) is 0 Å². The van der Waals surface area contributed by atoms with Crippen molar-refractivity contribution in [2.45, 2.75) is 6.92 Å². The molecule has 0 aliphatic carbocycles. The number of hydrogen-bond acceptors (Lipinski definition) is 2. The summed E-state index contributed by atoms with van der Waals surface area (Å²) in [5, 5.41) is 0. The Labute approximate surface area is 85.4 Å². The maximum Gasteiger partial charge on any atom is 0.330 e. The Bertz CT molecular complexity index is 406. The van der Waals surface area contributed by atoms with E-state index in [9.17, 15) is 14.0 Å². The number of benzene rings is 1. The zero-order chi connectivity index (χ0) is 11.4. The molecule has 5 nitrogen and oxygen atoms in total. The molecule has 0 aliphatic heterocycles. The van der Waals surface area contributed by atoms with Crippen LogP contribution in [0.3, 0.4) is 0 Å². The van der Waals surface area contributed by atoms with E-state index in [0.717, 1.165) is 6.07 Å². The predicted octanol–water partition coefficient (Wildman–Crippen LogP) is 0.447. The van der Waals surface area contributed by atoms with Crippen LogP contribution in [-0.2, 0) is 0 Å². The number of urea groups is 1. The van der Waals surface area contributed by atoms with Crippen molar-refractivity contribution >= 4 is 11.9 Å². The molecule has 3 amide bonds. The van der Waals surface area contributed by atoms with Gasteiger partial charge in [0.15, 0.2) is 0 Å². The molecule has 0 aromatic heterocycles. The number of rotatable bonds is 1. The molecule has 0 fully saturated rings. The molecule has 15 heavy (non-hydrogen) atoms. The van der Waals surface area contributed by atoms with E-state index in [0.29, 0.717) is 5.56 Å². The fourth-order valence-electron chi connectivity index (χ4n) is 1.07. The van der Waals surface area contributed by atoms with Crippen molar-refractivity contribution < 1.29 is 14.0 Å². The Morgan fingerprint density at radius 3 is 2.53 bits per heavy atom. The Balaban J connectivity index is 2.78. The van der Waals surface area contributed by atoms with Gasteiger partial charge in [0.05, 0.1) is 0 Å². The number of halogens is 1. The third kappa shape index (κ3) is 2.94. The minimum Gasteiger partial charge on any atom is -0.350 e. The summed E-state index contributed by atoms with van der Waals surface area (Å²) in [6, 6.07) is 2.83. The van der Waals surface area contributed by atoms with Gasteiger partial charge in [-0.25, -0.2) is 14.6 Å². The molecule has 0 spiro atoms. The van der Waals surface area contributed by atoms with Crippen LogP contribution >= 0.6 is 0 Å². The van der Waals surface area contributed by atoms with Gasteiger partial charge in [-0.3, -0.25) is 10.2 Å². The molecule has 0 saturated carbocycles. The largest absolute Gasteiger partial charge is 0.350 e. The van der Waals surface area contributed by atoms with E-state index in [4.69, 9.17) is 5.73 Å². The molecule has 1 aromatic rings. The molecule has 1 rings (SSSR count). The Morgan fingerprint density at radius 1 is 1.33 bits per heavy atom. The first kappa shape index (κ1) is 11.0. The first-order chi connectivity index (χ1) is 7.00. The smallest absolute Gasteiger partial charge is 0.330 e. The summed E-state index contributed by atoms with van der Waals surface area (Å²) in [4.78, 5) is 21.7. The lowest BCUT2D eigenvalue weighted by Gasteiger charge is -2.06. The van der Waals surface area contributed by atoms with Crippen LogP contribution < -0.4 is 16.6 Å². The highest BCUT2D eigenvalue weighted by molar-refractivity contribution is 5.96. The molecular formula is C9H10FN3O2. The minimum atomic E-state index is -0.872. The molecule has 0 unspecified atom stereocenters. The van der Waals surface area contributed by atoms with Gasteiger partial charge in [0, 0.05) is 5.56 Å². The van der Waals surface area contributed by atoms with Gasteiger partial charge in [-0.05, 0) is 30.7 Å². The molecule has 0 radical (unpaired) electrons. The van der Waals surface area contributed by atoms with Gasteiger partial charge in [0.1, 0.15) is 5.82 Å². The highest BCUT2D eigenvalue weighted by atomic mass is 19.1. The van der Waals surface area contributed by atoms with Gasteiger partial charge >= 0.3 is 6.03 Å². The van der Waals surface area contributed by atoms with Gasteiger partial charge in [-0.2, -0.15) is 0 Å². The van der Waals surface area contributed by atoms with Gasteiger partial charge < -0.3 is 5.73 Å². The van der Waals surface area contributed by atoms with Gasteiger partial charge in [-0.1, -0.05) is 0 Å². The maximum absolute atomic E-state index is 12.7. The minimum absolute atomic E-state index is 0.269. The first-order valence-corrected chi connectivity index (χ1v) is 4.12. The molecule has 0 atom stereocenters. The van der Waals surface area contributed by atoms with Crippen molar-refractivity contribution in [3.63, 3.8) is 0 Å². The summed E-state index contributed by atoms with van der Waals surface area (Å²) in [7, 11) is 0. The molecule has 0 heterocycles. The van der Waals surface area contributed by atoms with Crippen LogP contribution in [0.1, 0.15) is 15.9 Å². The van der Waals surface area contributed by atoms with Crippen molar-refractivity contribution in [3.8, 4) is 0 Å². The topological polar surface area (TPSA) is 84.2 Å². The molecular weight excluding hydrogens is 201 g/mol. The lowest BCUT2D eigenvalue weighted by Crippen LogP contribution is -2.44. The standard InChI is InChI=1S/C9H10FN3O2/c1-5-4-6(10)2-3-7(5)8(14)12-13-9(11)15/h2-4H,1H3,(H,12,14)(H3,11,13,15). The van der Waals surface area contributed by atoms with E-state index >= 15 is 0 Å². The highest BCUT2D eigenvalue weighted by Crippen LogP contribution is 2.09. The predicted molar refractivity (Wildman–Crippen MR) is 51.3 cm³/mol. The third-order valence-corrected chi connectivity index (χ3v) is 1.73. The van der Waals surface area contributed by atoms with Crippen molar-refractivity contribution in [2.75, 3.05) is 0 Å². The van der Waals surface area contributed by atoms with Crippen molar-refractivity contribution in [3.05, 3.63) is 35.1 Å². The Morgan fingerprint density at radius 2 is 2.00 bits per heavy atom. The molecule has 4 N–H and O–H groups in total. The number of primary amides is 1. The summed E-state index contributed by atoms with van der Waals surface area (Å²) >= 11 is 0. The van der Waals surface area contributed by atoms with Crippen molar-refractivity contribution in [2.24, 2.45) is 5.73 Å². The number of nitrogens with two attached hydrogens (primary N) is 1. The number of hydrazine groups is 1. The highest BCUT2D eigenvalue weighted by Gasteiger charge is 2.09. The second-order valence-electron chi connectivity index (χ2n) is 2.90. The summed E-state index contributed by atoms with van der Waals surface area (Å²) in [5.74, 6) is -0.974. The second kappa shape index (κ2) is 4.41. The summed E-state index contributed by atoms with van der Waals surface area (Å²) < 4.78 is 12.7. The fraction of sp³-hybridized carbons (Fsp3) is 0.111. The zero-order valence-electron chi connectivity index (χ0n) is 8.00. The quantitative estimate of drug-likeness (QED) is 0.589. The molecule has 1 aromatic carbocycles. The lowest BCUT2D eigenvalue weighted by molar-refractivity contribution is 0.0936. The third-order valence-electron chi connectivity index (χ3n) is 1.73. The van der Waals surface area contributed by atoms with Gasteiger partial charge in [-0.15, -0.1) is 0 Å². The summed E-state index contributed by atoms with van der Waals surface area (Å²) in [6.45, 7) is 1.59.